The first-order valence-electron chi connectivity index (χ1n) is 5.47. The second kappa shape index (κ2) is 5.91. The fourth-order valence-electron chi connectivity index (χ4n) is 1.19. The molecule has 0 fully saturated rings. The van der Waals surface area contributed by atoms with E-state index in [-0.39, 0.29) is 10.4 Å². The van der Waals surface area contributed by atoms with Crippen LogP contribution in [0.4, 0.5) is 5.82 Å². The number of nitrogens with zero attached hydrogens (tertiary/aromatic N) is 1. The normalized spacial score (nSPS) is 11.2. The van der Waals surface area contributed by atoms with Crippen molar-refractivity contribution in [3.8, 4) is 0 Å². The van der Waals surface area contributed by atoms with Crippen molar-refractivity contribution in [2.75, 3.05) is 17.6 Å². The van der Waals surface area contributed by atoms with Gasteiger partial charge in [-0.1, -0.05) is 26.8 Å². The van der Waals surface area contributed by atoms with E-state index in [4.69, 9.17) is 5.11 Å². The average molecular weight is 254 g/mol. The molecule has 94 valence electrons. The van der Waals surface area contributed by atoms with Crippen LogP contribution in [-0.4, -0.2) is 33.1 Å². The molecule has 4 nitrogen and oxygen atoms in total. The number of hydrogen-bond acceptors (Lipinski definition) is 4. The van der Waals surface area contributed by atoms with E-state index in [0.29, 0.717) is 5.82 Å². The SMILES string of the molecule is CC(C)(C)SCCNc1cccc(C(=O)O)n1. The van der Waals surface area contributed by atoms with Crippen LogP contribution in [0.3, 0.4) is 0 Å². The fourth-order valence-corrected chi connectivity index (χ4v) is 2.01. The Kier molecular flexibility index (Phi) is 4.81. The third-order valence-corrected chi connectivity index (χ3v) is 3.19. The second-order valence-corrected chi connectivity index (χ2v) is 6.52. The summed E-state index contributed by atoms with van der Waals surface area (Å²) < 4.78 is 0.248. The van der Waals surface area contributed by atoms with Gasteiger partial charge in [0.25, 0.3) is 0 Å². The molecule has 0 radical (unpaired) electrons. The minimum atomic E-state index is -1.00. The van der Waals surface area contributed by atoms with Gasteiger partial charge in [-0.2, -0.15) is 11.8 Å². The number of carboxylic acids is 1. The van der Waals surface area contributed by atoms with Gasteiger partial charge in [-0.25, -0.2) is 9.78 Å². The molecule has 0 aromatic carbocycles. The van der Waals surface area contributed by atoms with Gasteiger partial charge in [-0.3, -0.25) is 0 Å². The van der Waals surface area contributed by atoms with Crippen molar-refractivity contribution in [2.45, 2.75) is 25.5 Å². The van der Waals surface area contributed by atoms with E-state index in [1.165, 1.54) is 6.07 Å². The predicted octanol–water partition coefficient (Wildman–Crippen LogP) is 2.72. The van der Waals surface area contributed by atoms with Crippen molar-refractivity contribution >= 4 is 23.5 Å². The van der Waals surface area contributed by atoms with Crippen LogP contribution in [0, 0.1) is 0 Å². The van der Waals surface area contributed by atoms with Gasteiger partial charge in [0.1, 0.15) is 5.82 Å². The number of pyridine rings is 1. The number of aromatic nitrogens is 1. The summed E-state index contributed by atoms with van der Waals surface area (Å²) in [5.74, 6) is 0.569. The first-order chi connectivity index (χ1) is 7.88. The Morgan fingerprint density at radius 3 is 2.76 bits per heavy atom. The zero-order valence-corrected chi connectivity index (χ0v) is 11.2. The highest BCUT2D eigenvalue weighted by Gasteiger charge is 2.09. The molecule has 0 saturated carbocycles. The molecule has 1 heterocycles. The quantitative estimate of drug-likeness (QED) is 0.791. The van der Waals surface area contributed by atoms with Crippen LogP contribution in [0.25, 0.3) is 0 Å². The second-order valence-electron chi connectivity index (χ2n) is 4.60. The van der Waals surface area contributed by atoms with Crippen LogP contribution in [0.5, 0.6) is 0 Å². The molecule has 0 unspecified atom stereocenters. The summed E-state index contributed by atoms with van der Waals surface area (Å²) in [6.07, 6.45) is 0. The van der Waals surface area contributed by atoms with E-state index in [1.807, 2.05) is 11.8 Å². The monoisotopic (exact) mass is 254 g/mol. The Labute approximate surface area is 106 Å². The van der Waals surface area contributed by atoms with Crippen LogP contribution in [0.1, 0.15) is 31.3 Å². The zero-order chi connectivity index (χ0) is 12.9. The lowest BCUT2D eigenvalue weighted by molar-refractivity contribution is 0.0690. The molecule has 1 aromatic rings. The molecule has 1 rings (SSSR count). The first-order valence-corrected chi connectivity index (χ1v) is 6.45. The van der Waals surface area contributed by atoms with Crippen molar-refractivity contribution in [3.05, 3.63) is 23.9 Å². The Hall–Kier alpha value is -1.23. The maximum atomic E-state index is 10.7. The van der Waals surface area contributed by atoms with Crippen molar-refractivity contribution in [3.63, 3.8) is 0 Å². The van der Waals surface area contributed by atoms with Crippen LogP contribution >= 0.6 is 11.8 Å². The molecule has 0 spiro atoms. The van der Waals surface area contributed by atoms with Crippen LogP contribution in [0.15, 0.2) is 18.2 Å². The van der Waals surface area contributed by atoms with Gasteiger partial charge < -0.3 is 10.4 Å². The number of carbonyl (C=O) groups is 1. The molecule has 0 aliphatic carbocycles. The van der Waals surface area contributed by atoms with Gasteiger partial charge >= 0.3 is 5.97 Å². The van der Waals surface area contributed by atoms with Crippen LogP contribution in [-0.2, 0) is 0 Å². The summed E-state index contributed by atoms with van der Waals surface area (Å²) in [4.78, 5) is 14.7. The molecule has 0 bridgehead atoms. The Morgan fingerprint density at radius 1 is 1.47 bits per heavy atom. The summed E-state index contributed by atoms with van der Waals surface area (Å²) in [5, 5.41) is 11.9. The molecule has 5 heteroatoms. The maximum Gasteiger partial charge on any atom is 0.354 e. The number of carboxylic acid groups (broad SMARTS) is 1. The number of aromatic carboxylic acids is 1. The Balaban J connectivity index is 2.42. The van der Waals surface area contributed by atoms with Crippen molar-refractivity contribution in [1.82, 2.24) is 4.98 Å². The average Bonchev–Trinajstić information content (AvgIpc) is 2.23. The highest BCUT2D eigenvalue weighted by atomic mass is 32.2. The highest BCUT2D eigenvalue weighted by Crippen LogP contribution is 2.22. The molecule has 0 atom stereocenters. The number of thioether (sulfide) groups is 1. The minimum absolute atomic E-state index is 0.0680. The lowest BCUT2D eigenvalue weighted by Crippen LogP contribution is -2.14. The molecular weight excluding hydrogens is 236 g/mol. The van der Waals surface area contributed by atoms with Gasteiger partial charge in [0.05, 0.1) is 0 Å². The van der Waals surface area contributed by atoms with Crippen molar-refractivity contribution < 1.29 is 9.90 Å². The van der Waals surface area contributed by atoms with Crippen LogP contribution < -0.4 is 5.32 Å². The third kappa shape index (κ3) is 5.58. The minimum Gasteiger partial charge on any atom is -0.477 e. The highest BCUT2D eigenvalue weighted by molar-refractivity contribution is 8.00. The molecule has 0 amide bonds. The largest absolute Gasteiger partial charge is 0.477 e. The summed E-state index contributed by atoms with van der Waals surface area (Å²) in [6.45, 7) is 7.28. The van der Waals surface area contributed by atoms with Gasteiger partial charge in [0.15, 0.2) is 5.69 Å². The molecule has 0 saturated heterocycles. The number of anilines is 1. The van der Waals surface area contributed by atoms with Crippen molar-refractivity contribution in [2.24, 2.45) is 0 Å². The predicted molar refractivity (Wildman–Crippen MR) is 71.9 cm³/mol. The van der Waals surface area contributed by atoms with Gasteiger partial charge in [-0.05, 0) is 12.1 Å². The summed E-state index contributed by atoms with van der Waals surface area (Å²) in [5.41, 5.74) is 0.0680. The molecule has 1 aromatic heterocycles. The molecule has 0 aliphatic rings. The van der Waals surface area contributed by atoms with E-state index in [1.54, 1.807) is 12.1 Å². The van der Waals surface area contributed by atoms with E-state index in [9.17, 15) is 4.79 Å². The third-order valence-electron chi connectivity index (χ3n) is 1.91. The Morgan fingerprint density at radius 2 is 2.18 bits per heavy atom. The smallest absolute Gasteiger partial charge is 0.354 e. The summed E-state index contributed by atoms with van der Waals surface area (Å²) in [6, 6.07) is 4.95. The lowest BCUT2D eigenvalue weighted by atomic mass is 10.3. The molecule has 2 N–H and O–H groups in total. The summed E-state index contributed by atoms with van der Waals surface area (Å²) in [7, 11) is 0. The number of nitrogens with one attached hydrogen (secondary N) is 1. The van der Waals surface area contributed by atoms with E-state index < -0.39 is 5.97 Å². The molecule has 0 aliphatic heterocycles. The molecule has 17 heavy (non-hydrogen) atoms. The van der Waals surface area contributed by atoms with Gasteiger partial charge in [0.2, 0.25) is 0 Å². The standard InChI is InChI=1S/C12H18N2O2S/c1-12(2,3)17-8-7-13-10-6-4-5-9(14-10)11(15)16/h4-6H,7-8H2,1-3H3,(H,13,14)(H,15,16). The zero-order valence-electron chi connectivity index (χ0n) is 10.4. The fraction of sp³-hybridized carbons (Fsp3) is 0.500. The van der Waals surface area contributed by atoms with Crippen LogP contribution in [0.2, 0.25) is 0 Å². The topological polar surface area (TPSA) is 62.2 Å². The van der Waals surface area contributed by atoms with E-state index in [0.717, 1.165) is 12.3 Å². The maximum absolute atomic E-state index is 10.7. The number of rotatable bonds is 5. The first kappa shape index (κ1) is 13.8. The van der Waals surface area contributed by atoms with E-state index in [2.05, 4.69) is 31.1 Å². The van der Waals surface area contributed by atoms with E-state index >= 15 is 0 Å². The van der Waals surface area contributed by atoms with Gasteiger partial charge in [-0.15, -0.1) is 0 Å². The lowest BCUT2D eigenvalue weighted by Gasteiger charge is -2.17. The van der Waals surface area contributed by atoms with Crippen molar-refractivity contribution in [1.29, 1.82) is 0 Å². The summed E-state index contributed by atoms with van der Waals surface area (Å²) >= 11 is 1.86. The van der Waals surface area contributed by atoms with Gasteiger partial charge in [0, 0.05) is 17.0 Å². The molecular formula is C12H18N2O2S. The Bertz CT molecular complexity index is 388. The number of hydrogen-bond donors (Lipinski definition) is 2.